The summed E-state index contributed by atoms with van der Waals surface area (Å²) >= 11 is 0. The highest BCUT2D eigenvalue weighted by Crippen LogP contribution is 2.25. The Hall–Kier alpha value is -0.850. The van der Waals surface area contributed by atoms with Crippen LogP contribution in [0.1, 0.15) is 37.7 Å². The van der Waals surface area contributed by atoms with Crippen LogP contribution >= 0.6 is 0 Å². The molecular weight excluding hydrogens is 288 g/mol. The quantitative estimate of drug-likeness (QED) is 0.832. The first-order valence-corrected chi connectivity index (χ1v) is 9.39. The SMILES string of the molecule is CCc1ccc(CN2CC[C@@H](S(=O)(=O)N3CCCC3)C2)o1. The second-order valence-corrected chi connectivity index (χ2v) is 8.23. The van der Waals surface area contributed by atoms with E-state index in [1.54, 1.807) is 4.31 Å². The van der Waals surface area contributed by atoms with Crippen molar-refractivity contribution in [2.75, 3.05) is 26.2 Å². The van der Waals surface area contributed by atoms with Crippen molar-refractivity contribution in [1.29, 1.82) is 0 Å². The lowest BCUT2D eigenvalue weighted by molar-refractivity contribution is 0.292. The van der Waals surface area contributed by atoms with Crippen molar-refractivity contribution in [2.45, 2.75) is 44.4 Å². The molecule has 2 fully saturated rings. The number of hydrogen-bond acceptors (Lipinski definition) is 4. The van der Waals surface area contributed by atoms with Crippen LogP contribution < -0.4 is 0 Å². The minimum Gasteiger partial charge on any atom is -0.465 e. The molecule has 0 N–H and O–H groups in total. The molecule has 2 aliphatic rings. The van der Waals surface area contributed by atoms with Gasteiger partial charge in [-0.1, -0.05) is 6.92 Å². The maximum atomic E-state index is 12.6. The van der Waals surface area contributed by atoms with Crippen LogP contribution in [-0.2, 0) is 23.0 Å². The number of nitrogens with zero attached hydrogens (tertiary/aromatic N) is 2. The van der Waals surface area contributed by atoms with Crippen LogP contribution in [0.15, 0.2) is 16.5 Å². The van der Waals surface area contributed by atoms with Gasteiger partial charge in [-0.3, -0.25) is 4.90 Å². The molecule has 1 atom stereocenters. The molecule has 1 aromatic rings. The second-order valence-electron chi connectivity index (χ2n) is 6.02. The molecule has 0 unspecified atom stereocenters. The summed E-state index contributed by atoms with van der Waals surface area (Å²) in [4.78, 5) is 2.19. The van der Waals surface area contributed by atoms with E-state index < -0.39 is 10.0 Å². The summed E-state index contributed by atoms with van der Waals surface area (Å²) in [5.41, 5.74) is 0. The van der Waals surface area contributed by atoms with Gasteiger partial charge in [0, 0.05) is 32.6 Å². The summed E-state index contributed by atoms with van der Waals surface area (Å²) in [6.45, 7) is 5.65. The van der Waals surface area contributed by atoms with Gasteiger partial charge in [0.15, 0.2) is 0 Å². The van der Waals surface area contributed by atoms with Crippen LogP contribution in [0.4, 0.5) is 0 Å². The van der Waals surface area contributed by atoms with E-state index in [-0.39, 0.29) is 5.25 Å². The average molecular weight is 312 g/mol. The monoisotopic (exact) mass is 312 g/mol. The van der Waals surface area contributed by atoms with Crippen LogP contribution in [-0.4, -0.2) is 49.1 Å². The highest BCUT2D eigenvalue weighted by Gasteiger charge is 2.38. The Morgan fingerprint density at radius 2 is 1.90 bits per heavy atom. The Morgan fingerprint density at radius 3 is 2.57 bits per heavy atom. The zero-order valence-corrected chi connectivity index (χ0v) is 13.4. The van der Waals surface area contributed by atoms with Crippen molar-refractivity contribution in [2.24, 2.45) is 0 Å². The Kier molecular flexibility index (Phi) is 4.38. The van der Waals surface area contributed by atoms with Crippen LogP contribution in [0, 0.1) is 0 Å². The molecule has 3 rings (SSSR count). The van der Waals surface area contributed by atoms with Gasteiger partial charge in [-0.15, -0.1) is 0 Å². The van der Waals surface area contributed by atoms with E-state index in [0.29, 0.717) is 26.2 Å². The predicted octanol–water partition coefficient (Wildman–Crippen LogP) is 1.84. The topological polar surface area (TPSA) is 53.8 Å². The third-order valence-electron chi connectivity index (χ3n) is 4.52. The molecule has 0 spiro atoms. The zero-order valence-electron chi connectivity index (χ0n) is 12.6. The molecule has 2 aliphatic heterocycles. The molecule has 0 radical (unpaired) electrons. The maximum absolute atomic E-state index is 12.6. The molecule has 3 heterocycles. The van der Waals surface area contributed by atoms with Crippen LogP contribution in [0.5, 0.6) is 0 Å². The standard InChI is InChI=1S/C15H24N2O3S/c1-2-13-5-6-14(20-13)11-16-10-7-15(12-16)21(18,19)17-8-3-4-9-17/h5-6,15H,2-4,7-12H2,1H3/t15-/m1/s1. The van der Waals surface area contributed by atoms with Crippen LogP contribution in [0.25, 0.3) is 0 Å². The fourth-order valence-corrected chi connectivity index (χ4v) is 5.25. The largest absolute Gasteiger partial charge is 0.465 e. The number of hydrogen-bond donors (Lipinski definition) is 0. The second kappa shape index (κ2) is 6.10. The average Bonchev–Trinajstić information content (AvgIpc) is 3.21. The molecule has 6 heteroatoms. The van der Waals surface area contributed by atoms with Crippen molar-refractivity contribution in [3.63, 3.8) is 0 Å². The van der Waals surface area contributed by atoms with E-state index in [9.17, 15) is 8.42 Å². The molecule has 0 amide bonds. The summed E-state index contributed by atoms with van der Waals surface area (Å²) in [7, 11) is -3.10. The normalized spacial score (nSPS) is 24.9. The summed E-state index contributed by atoms with van der Waals surface area (Å²) in [6.07, 6.45) is 3.63. The fraction of sp³-hybridized carbons (Fsp3) is 0.733. The first-order chi connectivity index (χ1) is 10.1. The van der Waals surface area contributed by atoms with E-state index in [2.05, 4.69) is 11.8 Å². The van der Waals surface area contributed by atoms with Crippen molar-refractivity contribution < 1.29 is 12.8 Å². The minimum absolute atomic E-state index is 0.240. The number of rotatable bonds is 5. The molecule has 118 valence electrons. The minimum atomic E-state index is -3.10. The first kappa shape index (κ1) is 15.1. The Morgan fingerprint density at radius 1 is 1.19 bits per heavy atom. The number of aryl methyl sites for hydroxylation is 1. The van der Waals surface area contributed by atoms with Crippen molar-refractivity contribution in [3.8, 4) is 0 Å². The van der Waals surface area contributed by atoms with Crippen molar-refractivity contribution in [3.05, 3.63) is 23.7 Å². The van der Waals surface area contributed by atoms with Gasteiger partial charge in [0.2, 0.25) is 10.0 Å². The van der Waals surface area contributed by atoms with Gasteiger partial charge < -0.3 is 4.42 Å². The smallest absolute Gasteiger partial charge is 0.218 e. The van der Waals surface area contributed by atoms with Gasteiger partial charge in [0.1, 0.15) is 11.5 Å². The molecule has 1 aromatic heterocycles. The van der Waals surface area contributed by atoms with Crippen LogP contribution in [0.2, 0.25) is 0 Å². The fourth-order valence-electron chi connectivity index (χ4n) is 3.25. The first-order valence-electron chi connectivity index (χ1n) is 7.88. The Bertz CT molecular complexity index is 575. The Balaban J connectivity index is 1.60. The van der Waals surface area contributed by atoms with Gasteiger partial charge >= 0.3 is 0 Å². The maximum Gasteiger partial charge on any atom is 0.218 e. The zero-order chi connectivity index (χ0) is 14.9. The summed E-state index contributed by atoms with van der Waals surface area (Å²) in [5.74, 6) is 1.93. The third-order valence-corrected chi connectivity index (χ3v) is 6.83. The summed E-state index contributed by atoms with van der Waals surface area (Å²) in [5, 5.41) is -0.240. The summed E-state index contributed by atoms with van der Waals surface area (Å²) < 4.78 is 32.5. The third kappa shape index (κ3) is 3.17. The van der Waals surface area contributed by atoms with E-state index in [1.165, 1.54) is 0 Å². The van der Waals surface area contributed by atoms with Gasteiger partial charge in [-0.2, -0.15) is 0 Å². The van der Waals surface area contributed by atoms with Crippen LogP contribution in [0.3, 0.4) is 0 Å². The highest BCUT2D eigenvalue weighted by molar-refractivity contribution is 7.89. The Labute approximate surface area is 127 Å². The molecule has 0 aliphatic carbocycles. The molecular formula is C15H24N2O3S. The predicted molar refractivity (Wildman–Crippen MR) is 81.5 cm³/mol. The summed E-state index contributed by atoms with van der Waals surface area (Å²) in [6, 6.07) is 4.00. The number of furan rings is 1. The molecule has 0 saturated carbocycles. The molecule has 2 saturated heterocycles. The lowest BCUT2D eigenvalue weighted by atomic mass is 10.3. The van der Waals surface area contributed by atoms with Gasteiger partial charge in [-0.05, 0) is 31.4 Å². The molecule has 0 aromatic carbocycles. The van der Waals surface area contributed by atoms with E-state index in [0.717, 1.165) is 43.7 Å². The van der Waals surface area contributed by atoms with E-state index in [4.69, 9.17) is 4.42 Å². The molecule has 21 heavy (non-hydrogen) atoms. The number of likely N-dealkylation sites (tertiary alicyclic amines) is 1. The van der Waals surface area contributed by atoms with E-state index >= 15 is 0 Å². The highest BCUT2D eigenvalue weighted by atomic mass is 32.2. The lowest BCUT2D eigenvalue weighted by Crippen LogP contribution is -2.38. The van der Waals surface area contributed by atoms with Gasteiger partial charge in [-0.25, -0.2) is 12.7 Å². The van der Waals surface area contributed by atoms with E-state index in [1.807, 2.05) is 12.1 Å². The van der Waals surface area contributed by atoms with Gasteiger partial charge in [0.05, 0.1) is 11.8 Å². The lowest BCUT2D eigenvalue weighted by Gasteiger charge is -2.21. The number of sulfonamides is 1. The van der Waals surface area contributed by atoms with Crippen molar-refractivity contribution >= 4 is 10.0 Å². The van der Waals surface area contributed by atoms with Crippen molar-refractivity contribution in [1.82, 2.24) is 9.21 Å². The van der Waals surface area contributed by atoms with Gasteiger partial charge in [0.25, 0.3) is 0 Å². The molecule has 0 bridgehead atoms. The molecule has 5 nitrogen and oxygen atoms in total.